The van der Waals surface area contributed by atoms with Crippen molar-refractivity contribution < 1.29 is 24.2 Å². The number of carbonyl (C=O) groups is 3. The van der Waals surface area contributed by atoms with Gasteiger partial charge in [0.1, 0.15) is 5.00 Å². The van der Waals surface area contributed by atoms with Gasteiger partial charge in [-0.2, -0.15) is 0 Å². The number of hydrogen-bond donors (Lipinski definition) is 2. The Morgan fingerprint density at radius 1 is 1.23 bits per heavy atom. The highest BCUT2D eigenvalue weighted by Crippen LogP contribution is 2.40. The molecule has 0 saturated carbocycles. The third-order valence-electron chi connectivity index (χ3n) is 4.89. The van der Waals surface area contributed by atoms with Crippen LogP contribution in [0.4, 0.5) is 5.00 Å². The van der Waals surface area contributed by atoms with E-state index in [1.807, 2.05) is 13.0 Å². The fourth-order valence-corrected chi connectivity index (χ4v) is 4.84. The van der Waals surface area contributed by atoms with Crippen molar-refractivity contribution in [1.29, 1.82) is 0 Å². The Balaban J connectivity index is 1.83. The molecule has 7 heteroatoms. The summed E-state index contributed by atoms with van der Waals surface area (Å²) in [5.41, 5.74) is 1.44. The second-order valence-electron chi connectivity index (χ2n) is 6.68. The summed E-state index contributed by atoms with van der Waals surface area (Å²) in [7, 11) is 0. The predicted octanol–water partition coefficient (Wildman–Crippen LogP) is 3.41. The summed E-state index contributed by atoms with van der Waals surface area (Å²) in [5.74, 6) is -3.08. The zero-order valence-electron chi connectivity index (χ0n) is 14.7. The van der Waals surface area contributed by atoms with Gasteiger partial charge in [0, 0.05) is 4.88 Å². The highest BCUT2D eigenvalue weighted by atomic mass is 32.1. The van der Waals surface area contributed by atoms with Crippen LogP contribution in [0.3, 0.4) is 0 Å². The molecule has 0 spiro atoms. The van der Waals surface area contributed by atoms with Gasteiger partial charge in [0.2, 0.25) is 5.91 Å². The Kier molecular flexibility index (Phi) is 5.76. The second-order valence-corrected chi connectivity index (χ2v) is 7.79. The highest BCUT2D eigenvalue weighted by Gasteiger charge is 2.35. The molecular formula is C19H23NO5S. The molecule has 2 N–H and O–H groups in total. The monoisotopic (exact) mass is 377 g/mol. The molecule has 0 aliphatic heterocycles. The number of aryl methyl sites for hydroxylation is 1. The maximum Gasteiger partial charge on any atom is 0.341 e. The zero-order chi connectivity index (χ0) is 18.7. The number of rotatable bonds is 6. The van der Waals surface area contributed by atoms with Gasteiger partial charge < -0.3 is 15.2 Å². The van der Waals surface area contributed by atoms with E-state index in [9.17, 15) is 19.5 Å². The van der Waals surface area contributed by atoms with E-state index in [1.165, 1.54) is 11.3 Å². The fourth-order valence-electron chi connectivity index (χ4n) is 3.56. The summed E-state index contributed by atoms with van der Waals surface area (Å²) < 4.78 is 5.30. The van der Waals surface area contributed by atoms with E-state index in [-0.39, 0.29) is 5.91 Å². The molecule has 1 amide bonds. The summed E-state index contributed by atoms with van der Waals surface area (Å²) in [4.78, 5) is 37.8. The van der Waals surface area contributed by atoms with Crippen molar-refractivity contribution in [2.45, 2.75) is 45.4 Å². The number of fused-ring (bicyclic) bond motifs is 1. The number of ether oxygens (including phenoxy) is 1. The fraction of sp³-hybridized carbons (Fsp3) is 0.526. The highest BCUT2D eigenvalue weighted by molar-refractivity contribution is 7.17. The number of esters is 1. The van der Waals surface area contributed by atoms with Crippen LogP contribution in [0.5, 0.6) is 0 Å². The molecule has 6 nitrogen and oxygen atoms in total. The number of carbonyl (C=O) groups excluding carboxylic acids is 2. The van der Waals surface area contributed by atoms with Crippen LogP contribution in [0.1, 0.15) is 53.4 Å². The average Bonchev–Trinajstić information content (AvgIpc) is 3.20. The normalized spacial score (nSPS) is 21.3. The van der Waals surface area contributed by atoms with E-state index in [2.05, 4.69) is 5.32 Å². The number of aliphatic carboxylic acids is 1. The Morgan fingerprint density at radius 2 is 1.96 bits per heavy atom. The summed E-state index contributed by atoms with van der Waals surface area (Å²) in [6.07, 6.45) is 7.82. The van der Waals surface area contributed by atoms with Crippen molar-refractivity contribution in [3.8, 4) is 0 Å². The Bertz CT molecular complexity index is 751. The van der Waals surface area contributed by atoms with E-state index in [1.54, 1.807) is 6.08 Å². The molecule has 26 heavy (non-hydrogen) atoms. The number of amides is 1. The minimum atomic E-state index is -0.967. The largest absolute Gasteiger partial charge is 0.481 e. The van der Waals surface area contributed by atoms with Gasteiger partial charge >= 0.3 is 11.9 Å². The molecular weight excluding hydrogens is 354 g/mol. The van der Waals surface area contributed by atoms with Gasteiger partial charge in [0.25, 0.3) is 0 Å². The smallest absolute Gasteiger partial charge is 0.341 e. The Labute approximate surface area is 156 Å². The molecule has 2 atom stereocenters. The van der Waals surface area contributed by atoms with Crippen LogP contribution in [0.2, 0.25) is 0 Å². The van der Waals surface area contributed by atoms with Crippen molar-refractivity contribution in [3.63, 3.8) is 0 Å². The summed E-state index contributed by atoms with van der Waals surface area (Å²) >= 11 is 1.41. The number of carboxylic acid groups (broad SMARTS) is 1. The molecule has 0 aromatic carbocycles. The zero-order valence-corrected chi connectivity index (χ0v) is 15.6. The van der Waals surface area contributed by atoms with Crippen LogP contribution in [-0.4, -0.2) is 29.6 Å². The van der Waals surface area contributed by atoms with E-state index < -0.39 is 23.8 Å². The van der Waals surface area contributed by atoms with Gasteiger partial charge in [-0.25, -0.2) is 4.79 Å². The van der Waals surface area contributed by atoms with Crippen LogP contribution in [0.25, 0.3) is 0 Å². The SMILES string of the molecule is CCCOC(=O)c1c(NC(=O)[C@H]2CC=CC[C@H]2C(=O)O)sc2c1CCC2. The number of nitrogens with one attached hydrogen (secondary N) is 1. The van der Waals surface area contributed by atoms with Gasteiger partial charge in [-0.15, -0.1) is 11.3 Å². The lowest BCUT2D eigenvalue weighted by Crippen LogP contribution is -2.34. The first-order chi connectivity index (χ1) is 12.5. The van der Waals surface area contributed by atoms with Crippen molar-refractivity contribution >= 4 is 34.2 Å². The molecule has 0 bridgehead atoms. The van der Waals surface area contributed by atoms with E-state index in [0.717, 1.165) is 36.1 Å². The van der Waals surface area contributed by atoms with E-state index in [0.29, 0.717) is 30.0 Å². The first kappa shape index (κ1) is 18.6. The number of anilines is 1. The first-order valence-corrected chi connectivity index (χ1v) is 9.84. The maximum absolute atomic E-state index is 12.7. The third kappa shape index (κ3) is 3.67. The van der Waals surface area contributed by atoms with Crippen LogP contribution >= 0.6 is 11.3 Å². The molecule has 3 rings (SSSR count). The number of allylic oxidation sites excluding steroid dienone is 2. The van der Waals surface area contributed by atoms with Crippen molar-refractivity contribution in [3.05, 3.63) is 28.2 Å². The molecule has 0 saturated heterocycles. The predicted molar refractivity (Wildman–Crippen MR) is 98.5 cm³/mol. The molecule has 1 aromatic rings. The lowest BCUT2D eigenvalue weighted by atomic mass is 9.82. The number of carboxylic acids is 1. The van der Waals surface area contributed by atoms with E-state index in [4.69, 9.17) is 4.74 Å². The molecule has 2 aliphatic carbocycles. The number of thiophene rings is 1. The second kappa shape index (κ2) is 8.03. The molecule has 0 radical (unpaired) electrons. The molecule has 0 fully saturated rings. The van der Waals surface area contributed by atoms with Gasteiger partial charge in [-0.3, -0.25) is 9.59 Å². The minimum Gasteiger partial charge on any atom is -0.481 e. The summed E-state index contributed by atoms with van der Waals surface area (Å²) in [5, 5.41) is 12.7. The minimum absolute atomic E-state index is 0.339. The molecule has 0 unspecified atom stereocenters. The van der Waals surface area contributed by atoms with Gasteiger partial charge in [-0.05, 0) is 44.1 Å². The molecule has 140 valence electrons. The molecule has 1 aromatic heterocycles. The van der Waals surface area contributed by atoms with E-state index >= 15 is 0 Å². The topological polar surface area (TPSA) is 92.7 Å². The van der Waals surface area contributed by atoms with Crippen molar-refractivity contribution in [2.24, 2.45) is 11.8 Å². The standard InChI is InChI=1S/C19H23NO5S/c1-2-10-25-19(24)15-13-8-5-9-14(13)26-17(15)20-16(21)11-6-3-4-7-12(11)18(22)23/h3-4,11-12H,2,5-10H2,1H3,(H,20,21)(H,22,23)/t11-,12+/m0/s1. The number of hydrogen-bond acceptors (Lipinski definition) is 5. The van der Waals surface area contributed by atoms with Gasteiger partial charge in [0.05, 0.1) is 24.0 Å². The van der Waals surface area contributed by atoms with Crippen LogP contribution in [0.15, 0.2) is 12.2 Å². The quantitative estimate of drug-likeness (QED) is 0.585. The summed E-state index contributed by atoms with van der Waals surface area (Å²) in [6, 6.07) is 0. The Hall–Kier alpha value is -2.15. The molecule has 1 heterocycles. The van der Waals surface area contributed by atoms with Gasteiger partial charge in [-0.1, -0.05) is 19.1 Å². The maximum atomic E-state index is 12.7. The van der Waals surface area contributed by atoms with Crippen molar-refractivity contribution in [2.75, 3.05) is 11.9 Å². The van der Waals surface area contributed by atoms with Crippen LogP contribution in [0, 0.1) is 11.8 Å². The third-order valence-corrected chi connectivity index (χ3v) is 6.09. The van der Waals surface area contributed by atoms with Crippen LogP contribution in [-0.2, 0) is 27.2 Å². The molecule has 2 aliphatic rings. The lowest BCUT2D eigenvalue weighted by Gasteiger charge is -2.24. The van der Waals surface area contributed by atoms with Crippen LogP contribution < -0.4 is 5.32 Å². The lowest BCUT2D eigenvalue weighted by molar-refractivity contribution is -0.146. The van der Waals surface area contributed by atoms with Gasteiger partial charge in [0.15, 0.2) is 0 Å². The first-order valence-electron chi connectivity index (χ1n) is 9.03. The summed E-state index contributed by atoms with van der Waals surface area (Å²) in [6.45, 7) is 2.27. The Morgan fingerprint density at radius 3 is 2.65 bits per heavy atom. The average molecular weight is 377 g/mol. The van der Waals surface area contributed by atoms with Crippen molar-refractivity contribution in [1.82, 2.24) is 0 Å².